The van der Waals surface area contributed by atoms with Gasteiger partial charge in [-0.1, -0.05) is 54.6 Å². The molecule has 4 aromatic rings. The van der Waals surface area contributed by atoms with E-state index in [4.69, 9.17) is 4.74 Å². The molecule has 1 aromatic heterocycles. The fourth-order valence-corrected chi connectivity index (χ4v) is 5.84. The summed E-state index contributed by atoms with van der Waals surface area (Å²) in [6.07, 6.45) is 0. The summed E-state index contributed by atoms with van der Waals surface area (Å²) >= 11 is 0. The number of sulfonamides is 1. The van der Waals surface area contributed by atoms with Crippen molar-refractivity contribution in [2.45, 2.75) is 25.3 Å². The molecule has 4 rings (SSSR count). The van der Waals surface area contributed by atoms with Crippen molar-refractivity contribution in [1.29, 1.82) is 0 Å². The Morgan fingerprint density at radius 3 is 2.22 bits per heavy atom. The molecule has 0 atom stereocenters. The third-order valence-corrected chi connectivity index (χ3v) is 7.74. The quantitative estimate of drug-likeness (QED) is 0.177. The summed E-state index contributed by atoms with van der Waals surface area (Å²) < 4.78 is 34.6. The molecule has 37 heavy (non-hydrogen) atoms. The molecular weight excluding hydrogens is 494 g/mol. The Bertz CT molecular complexity index is 1560. The van der Waals surface area contributed by atoms with E-state index in [1.54, 1.807) is 55.5 Å². The first-order chi connectivity index (χ1) is 17.6. The number of methoxy groups -OCH3 is 1. The molecule has 0 radical (unpaired) electrons. The van der Waals surface area contributed by atoms with Crippen molar-refractivity contribution in [3.05, 3.63) is 106 Å². The van der Waals surface area contributed by atoms with Crippen LogP contribution in [-0.2, 0) is 16.6 Å². The Morgan fingerprint density at radius 1 is 1.00 bits per heavy atom. The van der Waals surface area contributed by atoms with Crippen molar-refractivity contribution in [3.63, 3.8) is 0 Å². The Kier molecular flexibility index (Phi) is 7.12. The summed E-state index contributed by atoms with van der Waals surface area (Å²) in [5.41, 5.74) is 1.93. The van der Waals surface area contributed by atoms with Crippen LogP contribution in [0.5, 0.6) is 5.75 Å². The molecule has 0 aliphatic carbocycles. The van der Waals surface area contributed by atoms with Gasteiger partial charge in [-0.25, -0.2) is 12.7 Å². The summed E-state index contributed by atoms with van der Waals surface area (Å²) in [5, 5.41) is 11.7. The molecule has 0 bridgehead atoms. The lowest BCUT2D eigenvalue weighted by Gasteiger charge is -2.25. The number of H-pyrrole nitrogens is 1. The molecule has 10 heteroatoms. The average molecular weight is 520 g/mol. The van der Waals surface area contributed by atoms with Crippen molar-refractivity contribution in [3.8, 4) is 16.9 Å². The lowest BCUT2D eigenvalue weighted by atomic mass is 9.99. The van der Waals surface area contributed by atoms with Crippen LogP contribution in [0.1, 0.15) is 28.5 Å². The number of hydrogen-bond acceptors (Lipinski definition) is 6. The van der Waals surface area contributed by atoms with E-state index in [2.05, 4.69) is 4.98 Å². The van der Waals surface area contributed by atoms with Crippen molar-refractivity contribution in [1.82, 2.24) is 4.98 Å². The van der Waals surface area contributed by atoms with Gasteiger partial charge < -0.3 is 9.72 Å². The Labute approximate surface area is 214 Å². The highest BCUT2D eigenvalue weighted by Gasteiger charge is 2.35. The number of aromatic amines is 1. The molecule has 3 aromatic carbocycles. The van der Waals surface area contributed by atoms with E-state index in [1.165, 1.54) is 32.2 Å². The molecule has 1 heterocycles. The van der Waals surface area contributed by atoms with Crippen LogP contribution < -0.4 is 9.04 Å². The van der Waals surface area contributed by atoms with E-state index in [-0.39, 0.29) is 18.1 Å². The van der Waals surface area contributed by atoms with Gasteiger partial charge in [0.25, 0.3) is 15.7 Å². The zero-order valence-electron chi connectivity index (χ0n) is 20.5. The molecule has 0 unspecified atom stereocenters. The highest BCUT2D eigenvalue weighted by Crippen LogP contribution is 2.40. The number of nitro groups is 1. The second-order valence-electron chi connectivity index (χ2n) is 8.36. The number of nitro benzene ring substituents is 1. The van der Waals surface area contributed by atoms with Gasteiger partial charge in [0.1, 0.15) is 11.6 Å². The molecule has 9 nitrogen and oxygen atoms in total. The fourth-order valence-electron chi connectivity index (χ4n) is 4.25. The normalized spacial score (nSPS) is 11.2. The van der Waals surface area contributed by atoms with Crippen LogP contribution in [0.15, 0.2) is 83.8 Å². The van der Waals surface area contributed by atoms with Crippen LogP contribution in [-0.4, -0.2) is 31.2 Å². The van der Waals surface area contributed by atoms with Crippen LogP contribution in [0.25, 0.3) is 11.1 Å². The number of aromatic nitrogens is 1. The first-order valence-electron chi connectivity index (χ1n) is 11.3. The smallest absolute Gasteiger partial charge is 0.289 e. The number of carbonyl (C=O) groups is 1. The number of ketones is 1. The van der Waals surface area contributed by atoms with Gasteiger partial charge in [-0.2, -0.15) is 0 Å². The minimum absolute atomic E-state index is 0.142. The zero-order chi connectivity index (χ0) is 26.7. The lowest BCUT2D eigenvalue weighted by Crippen LogP contribution is -2.32. The average Bonchev–Trinajstić information content (AvgIpc) is 3.24. The number of anilines is 1. The standard InChI is InChI=1S/C27H25N3O6S/c1-18-25(19(2)31)26(21-9-5-4-6-10-21)27(28-18)29(17-20-13-15-22(36-3)16-14-20)37(34,35)24-12-8-7-11-23(24)30(32)33/h4-16,28H,17H2,1-3H3. The number of aryl methyl sites for hydroxylation is 1. The molecule has 0 saturated carbocycles. The fraction of sp³-hybridized carbons (Fsp3) is 0.148. The van der Waals surface area contributed by atoms with Gasteiger partial charge in [0.15, 0.2) is 10.7 Å². The largest absolute Gasteiger partial charge is 0.497 e. The van der Waals surface area contributed by atoms with Crippen LogP contribution in [0.3, 0.4) is 0 Å². The third kappa shape index (κ3) is 4.96. The second kappa shape index (κ2) is 10.3. The van der Waals surface area contributed by atoms with Crippen LogP contribution in [0.4, 0.5) is 11.5 Å². The summed E-state index contributed by atoms with van der Waals surface area (Å²) in [6, 6.07) is 21.0. The molecule has 1 N–H and O–H groups in total. The maximum absolute atomic E-state index is 14.2. The first kappa shape index (κ1) is 25.6. The van der Waals surface area contributed by atoms with Gasteiger partial charge in [-0.15, -0.1) is 0 Å². The lowest BCUT2D eigenvalue weighted by molar-refractivity contribution is -0.387. The number of nitrogens with zero attached hydrogens (tertiary/aromatic N) is 2. The SMILES string of the molecule is COc1ccc(CN(c2[nH]c(C)c(C(C)=O)c2-c2ccccc2)S(=O)(=O)c2ccccc2[N+](=O)[O-])cc1. The minimum atomic E-state index is -4.49. The van der Waals surface area contributed by atoms with Crippen LogP contribution in [0, 0.1) is 17.0 Å². The van der Waals surface area contributed by atoms with Crippen molar-refractivity contribution in [2.24, 2.45) is 0 Å². The Balaban J connectivity index is 2.01. The van der Waals surface area contributed by atoms with Crippen molar-refractivity contribution < 1.29 is 22.9 Å². The molecule has 0 amide bonds. The van der Waals surface area contributed by atoms with Gasteiger partial charge in [-0.05, 0) is 43.2 Å². The first-order valence-corrected chi connectivity index (χ1v) is 12.8. The molecule has 190 valence electrons. The number of ether oxygens (including phenoxy) is 1. The van der Waals surface area contributed by atoms with E-state index >= 15 is 0 Å². The molecule has 0 aliphatic heterocycles. The monoisotopic (exact) mass is 519 g/mol. The number of Topliss-reactive ketones (excluding diaryl/α,β-unsaturated/α-hetero) is 1. The Hall–Kier alpha value is -4.44. The molecule has 0 fully saturated rings. The van der Waals surface area contributed by atoms with Gasteiger partial charge in [0.05, 0.1) is 18.6 Å². The highest BCUT2D eigenvalue weighted by molar-refractivity contribution is 7.93. The van der Waals surface area contributed by atoms with Gasteiger partial charge >= 0.3 is 0 Å². The molecule has 0 aliphatic rings. The van der Waals surface area contributed by atoms with Crippen molar-refractivity contribution in [2.75, 3.05) is 11.4 Å². The highest BCUT2D eigenvalue weighted by atomic mass is 32.2. The number of benzene rings is 3. The van der Waals surface area contributed by atoms with Crippen LogP contribution >= 0.6 is 0 Å². The van der Waals surface area contributed by atoms with Gasteiger partial charge in [0.2, 0.25) is 0 Å². The molecule has 0 spiro atoms. The van der Waals surface area contributed by atoms with Gasteiger partial charge in [-0.3, -0.25) is 14.9 Å². The number of nitrogens with one attached hydrogen (secondary N) is 1. The zero-order valence-corrected chi connectivity index (χ0v) is 21.3. The maximum atomic E-state index is 14.2. The number of rotatable bonds is 9. The van der Waals surface area contributed by atoms with Crippen LogP contribution in [0.2, 0.25) is 0 Å². The maximum Gasteiger partial charge on any atom is 0.289 e. The predicted octanol–water partition coefficient (Wildman–Crippen LogP) is 5.51. The van der Waals surface area contributed by atoms with Crippen molar-refractivity contribution >= 4 is 27.3 Å². The third-order valence-electron chi connectivity index (χ3n) is 5.95. The van der Waals surface area contributed by atoms with E-state index in [0.29, 0.717) is 33.7 Å². The second-order valence-corrected chi connectivity index (χ2v) is 10.2. The predicted molar refractivity (Wildman–Crippen MR) is 140 cm³/mol. The van der Waals surface area contributed by atoms with E-state index < -0.39 is 25.5 Å². The number of carbonyl (C=O) groups excluding carboxylic acids is 1. The topological polar surface area (TPSA) is 123 Å². The summed E-state index contributed by atoms with van der Waals surface area (Å²) in [6.45, 7) is 2.95. The summed E-state index contributed by atoms with van der Waals surface area (Å²) in [5.74, 6) is 0.491. The minimum Gasteiger partial charge on any atom is -0.497 e. The van der Waals surface area contributed by atoms with Gasteiger partial charge in [0, 0.05) is 22.9 Å². The summed E-state index contributed by atoms with van der Waals surface area (Å²) in [7, 11) is -2.96. The van der Waals surface area contributed by atoms with E-state index in [9.17, 15) is 23.3 Å². The van der Waals surface area contributed by atoms with E-state index in [1.807, 2.05) is 6.07 Å². The molecular formula is C27H25N3O6S. The Morgan fingerprint density at radius 2 is 1.62 bits per heavy atom. The number of para-hydroxylation sites is 1. The molecule has 0 saturated heterocycles. The number of hydrogen-bond donors (Lipinski definition) is 1. The summed E-state index contributed by atoms with van der Waals surface area (Å²) in [4.78, 5) is 26.4. The van der Waals surface area contributed by atoms with E-state index in [0.717, 1.165) is 10.4 Å².